The van der Waals surface area contributed by atoms with Crippen molar-refractivity contribution in [2.24, 2.45) is 0 Å². The Morgan fingerprint density at radius 1 is 1.03 bits per heavy atom. The van der Waals surface area contributed by atoms with Crippen LogP contribution in [0.4, 0.5) is 0 Å². The van der Waals surface area contributed by atoms with Crippen LogP contribution in [0.2, 0.25) is 0 Å². The maximum atomic E-state index is 6.56. The van der Waals surface area contributed by atoms with Gasteiger partial charge in [-0.15, -0.1) is 5.06 Å². The number of hydrogen-bond acceptors (Lipinski definition) is 5. The van der Waals surface area contributed by atoms with Crippen LogP contribution in [0.1, 0.15) is 76.7 Å². The van der Waals surface area contributed by atoms with Crippen LogP contribution in [-0.2, 0) is 0 Å². The van der Waals surface area contributed by atoms with Crippen LogP contribution < -0.4 is 19.6 Å². The summed E-state index contributed by atoms with van der Waals surface area (Å²) in [5.74, 6) is 2.47. The lowest BCUT2D eigenvalue weighted by Crippen LogP contribution is -2.43. The first-order valence-corrected chi connectivity index (χ1v) is 10.8. The number of benzene rings is 2. The number of rotatable bonds is 3. The van der Waals surface area contributed by atoms with E-state index in [2.05, 4.69) is 82.3 Å². The van der Waals surface area contributed by atoms with Gasteiger partial charge in [0.1, 0.15) is 11.8 Å². The van der Waals surface area contributed by atoms with Gasteiger partial charge in [-0.05, 0) is 53.2 Å². The molecule has 0 aromatic heterocycles. The van der Waals surface area contributed by atoms with Crippen molar-refractivity contribution in [3.05, 3.63) is 53.1 Å². The third kappa shape index (κ3) is 3.77. The maximum absolute atomic E-state index is 6.56. The van der Waals surface area contributed by atoms with Crippen LogP contribution in [0.15, 0.2) is 36.4 Å². The van der Waals surface area contributed by atoms with E-state index in [1.165, 1.54) is 5.56 Å². The average Bonchev–Trinajstić information content (AvgIpc) is 3.09. The van der Waals surface area contributed by atoms with E-state index in [9.17, 15) is 0 Å². The summed E-state index contributed by atoms with van der Waals surface area (Å²) in [5, 5.41) is 5.81. The molecule has 0 radical (unpaired) electrons. The molecule has 30 heavy (non-hydrogen) atoms. The van der Waals surface area contributed by atoms with Crippen molar-refractivity contribution in [1.29, 1.82) is 0 Å². The van der Waals surface area contributed by atoms with Crippen LogP contribution >= 0.6 is 0 Å². The molecule has 2 heterocycles. The zero-order valence-corrected chi connectivity index (χ0v) is 19.2. The van der Waals surface area contributed by atoms with Gasteiger partial charge >= 0.3 is 0 Å². The molecular weight excluding hydrogens is 376 g/mol. The molecule has 4 rings (SSSR count). The van der Waals surface area contributed by atoms with Gasteiger partial charge in [0, 0.05) is 29.1 Å². The molecule has 2 aliphatic rings. The highest BCUT2D eigenvalue weighted by Crippen LogP contribution is 2.56. The van der Waals surface area contributed by atoms with Crippen molar-refractivity contribution in [2.75, 3.05) is 13.7 Å². The normalized spacial score (nSPS) is 21.4. The lowest BCUT2D eigenvalue weighted by Gasteiger charge is -2.35. The summed E-state index contributed by atoms with van der Waals surface area (Å²) in [4.78, 5) is 6.56. The largest absolute Gasteiger partial charge is 0.496 e. The summed E-state index contributed by atoms with van der Waals surface area (Å²) in [5.41, 5.74) is 3.10. The SMILES string of the molecule is COc1cc2c(c3c1C(c1ccccc1)N(C(C)(C)C)O3)OCCC2NC(C)(C)C. The molecule has 2 atom stereocenters. The quantitative estimate of drug-likeness (QED) is 0.733. The Hall–Kier alpha value is -2.24. The van der Waals surface area contributed by atoms with E-state index < -0.39 is 0 Å². The molecule has 2 aromatic rings. The van der Waals surface area contributed by atoms with Crippen molar-refractivity contribution >= 4 is 0 Å². The van der Waals surface area contributed by atoms with E-state index in [-0.39, 0.29) is 23.2 Å². The summed E-state index contributed by atoms with van der Waals surface area (Å²) in [7, 11) is 1.74. The van der Waals surface area contributed by atoms with Crippen LogP contribution in [0.5, 0.6) is 17.2 Å². The zero-order chi connectivity index (χ0) is 21.7. The fraction of sp³-hybridized carbons (Fsp3) is 0.520. The number of nitrogens with zero attached hydrogens (tertiary/aromatic N) is 1. The first kappa shape index (κ1) is 21.0. The average molecular weight is 411 g/mol. The minimum Gasteiger partial charge on any atom is -0.496 e. The Kier molecular flexibility index (Phi) is 5.23. The number of hydroxylamine groups is 2. The summed E-state index contributed by atoms with van der Waals surface area (Å²) < 4.78 is 12.1. The topological polar surface area (TPSA) is 43.0 Å². The highest BCUT2D eigenvalue weighted by molar-refractivity contribution is 5.64. The molecule has 0 saturated carbocycles. The second-order valence-electron chi connectivity index (χ2n) is 10.2. The molecule has 5 heteroatoms. The van der Waals surface area contributed by atoms with E-state index >= 15 is 0 Å². The van der Waals surface area contributed by atoms with Crippen LogP contribution in [0.3, 0.4) is 0 Å². The summed E-state index contributed by atoms with van der Waals surface area (Å²) in [6.45, 7) is 13.7. The fourth-order valence-electron chi connectivity index (χ4n) is 4.41. The van der Waals surface area contributed by atoms with Crippen molar-refractivity contribution in [3.63, 3.8) is 0 Å². The lowest BCUT2D eigenvalue weighted by atomic mass is 9.90. The Bertz CT molecular complexity index is 913. The van der Waals surface area contributed by atoms with E-state index in [4.69, 9.17) is 14.3 Å². The first-order valence-electron chi connectivity index (χ1n) is 10.8. The van der Waals surface area contributed by atoms with Gasteiger partial charge in [-0.2, -0.15) is 0 Å². The van der Waals surface area contributed by atoms with E-state index in [1.54, 1.807) is 7.11 Å². The Balaban J connectivity index is 1.90. The van der Waals surface area contributed by atoms with Gasteiger partial charge < -0.3 is 19.6 Å². The maximum Gasteiger partial charge on any atom is 0.198 e. The fourth-order valence-corrected chi connectivity index (χ4v) is 4.41. The van der Waals surface area contributed by atoms with Crippen molar-refractivity contribution in [3.8, 4) is 17.2 Å². The molecule has 2 aromatic carbocycles. The highest BCUT2D eigenvalue weighted by Gasteiger charge is 2.46. The number of methoxy groups -OCH3 is 1. The summed E-state index contributed by atoms with van der Waals surface area (Å²) in [6, 6.07) is 12.7. The predicted octanol–water partition coefficient (Wildman–Crippen LogP) is 5.40. The van der Waals surface area contributed by atoms with Gasteiger partial charge in [0.2, 0.25) is 0 Å². The number of fused-ring (bicyclic) bond motifs is 3. The monoisotopic (exact) mass is 410 g/mol. The molecule has 0 amide bonds. The summed E-state index contributed by atoms with van der Waals surface area (Å²) in [6.07, 6.45) is 0.914. The van der Waals surface area contributed by atoms with Crippen molar-refractivity contribution in [1.82, 2.24) is 10.4 Å². The molecule has 0 saturated heterocycles. The van der Waals surface area contributed by atoms with Gasteiger partial charge in [0.25, 0.3) is 0 Å². The molecule has 0 aliphatic carbocycles. The first-order chi connectivity index (χ1) is 14.1. The smallest absolute Gasteiger partial charge is 0.198 e. The Morgan fingerprint density at radius 3 is 2.33 bits per heavy atom. The molecule has 0 fully saturated rings. The van der Waals surface area contributed by atoms with E-state index in [0.717, 1.165) is 34.8 Å². The third-order valence-electron chi connectivity index (χ3n) is 5.59. The van der Waals surface area contributed by atoms with Gasteiger partial charge in [-0.3, -0.25) is 0 Å². The second-order valence-corrected chi connectivity index (χ2v) is 10.2. The minimum absolute atomic E-state index is 0.00357. The van der Waals surface area contributed by atoms with E-state index in [1.807, 2.05) is 6.07 Å². The third-order valence-corrected chi connectivity index (χ3v) is 5.59. The molecule has 2 aliphatic heterocycles. The Morgan fingerprint density at radius 2 is 1.73 bits per heavy atom. The Labute approximate surface area is 180 Å². The van der Waals surface area contributed by atoms with Crippen LogP contribution in [0, 0.1) is 0 Å². The standard InChI is InChI=1S/C25H34N2O3/c1-24(2,3)26-18-13-14-29-22-17(18)15-19(28-7)20-21(16-11-9-8-10-12-16)27(25(4,5)6)30-23(20)22/h8-12,15,18,21,26H,13-14H2,1-7H3. The molecule has 1 N–H and O–H groups in total. The zero-order valence-electron chi connectivity index (χ0n) is 19.2. The molecule has 0 bridgehead atoms. The van der Waals surface area contributed by atoms with Crippen LogP contribution in [-0.4, -0.2) is 29.9 Å². The number of hydrogen-bond donors (Lipinski definition) is 1. The lowest BCUT2D eigenvalue weighted by molar-refractivity contribution is -0.130. The highest BCUT2D eigenvalue weighted by atomic mass is 16.7. The predicted molar refractivity (Wildman–Crippen MR) is 119 cm³/mol. The summed E-state index contributed by atoms with van der Waals surface area (Å²) >= 11 is 0. The van der Waals surface area contributed by atoms with E-state index in [0.29, 0.717) is 6.61 Å². The van der Waals surface area contributed by atoms with Crippen molar-refractivity contribution in [2.45, 2.75) is 71.1 Å². The van der Waals surface area contributed by atoms with Gasteiger partial charge in [0.05, 0.1) is 19.3 Å². The van der Waals surface area contributed by atoms with Crippen molar-refractivity contribution < 1.29 is 14.3 Å². The van der Waals surface area contributed by atoms with Crippen LogP contribution in [0.25, 0.3) is 0 Å². The van der Waals surface area contributed by atoms with Gasteiger partial charge in [-0.1, -0.05) is 30.3 Å². The molecule has 5 nitrogen and oxygen atoms in total. The molecule has 0 spiro atoms. The molecule has 2 unspecified atom stereocenters. The second kappa shape index (κ2) is 7.47. The van der Waals surface area contributed by atoms with Gasteiger partial charge in [0.15, 0.2) is 11.5 Å². The van der Waals surface area contributed by atoms with Gasteiger partial charge in [-0.25, -0.2) is 0 Å². The minimum atomic E-state index is -0.213. The molecule has 162 valence electrons. The molecular formula is C25H34N2O3. The number of ether oxygens (including phenoxy) is 2. The number of nitrogens with one attached hydrogen (secondary N) is 1.